The molecule has 3 N–H and O–H groups in total. The van der Waals surface area contributed by atoms with Crippen LogP contribution >= 0.6 is 0 Å². The minimum absolute atomic E-state index is 0.231. The van der Waals surface area contributed by atoms with Crippen LogP contribution in [0, 0.1) is 0 Å². The fraction of sp³-hybridized carbons (Fsp3) is 0.556. The van der Waals surface area contributed by atoms with E-state index in [9.17, 15) is 19.8 Å². The number of benzene rings is 1. The van der Waals surface area contributed by atoms with Crippen LogP contribution < -0.4 is 5.32 Å². The zero-order valence-electron chi connectivity index (χ0n) is 15.1. The van der Waals surface area contributed by atoms with Crippen LogP contribution in [0.5, 0.6) is 0 Å². The van der Waals surface area contributed by atoms with Crippen molar-refractivity contribution in [2.45, 2.75) is 51.8 Å². The third kappa shape index (κ3) is 8.95. The van der Waals surface area contributed by atoms with Gasteiger partial charge in [-0.3, -0.25) is 0 Å². The summed E-state index contributed by atoms with van der Waals surface area (Å²) in [6.07, 6.45) is -0.621. The van der Waals surface area contributed by atoms with Crippen LogP contribution in [0.3, 0.4) is 0 Å². The molecule has 0 saturated carbocycles. The number of amides is 2. The third-order valence-electron chi connectivity index (χ3n) is 3.41. The number of rotatable bonds is 8. The maximum atomic E-state index is 11.7. The lowest BCUT2D eigenvalue weighted by atomic mass is 10.1. The molecule has 1 atom stereocenters. The summed E-state index contributed by atoms with van der Waals surface area (Å²) in [5, 5.41) is 21.3. The number of ether oxygens (including phenoxy) is 1. The molecular formula is C18H28N2O5. The lowest BCUT2D eigenvalue weighted by Crippen LogP contribution is -2.41. The Morgan fingerprint density at radius 1 is 1.24 bits per heavy atom. The molecule has 0 radical (unpaired) electrons. The molecule has 0 spiro atoms. The Morgan fingerprint density at radius 3 is 2.40 bits per heavy atom. The van der Waals surface area contributed by atoms with Gasteiger partial charge < -0.3 is 25.2 Å². The van der Waals surface area contributed by atoms with E-state index in [1.54, 1.807) is 20.8 Å². The summed E-state index contributed by atoms with van der Waals surface area (Å²) in [5.74, 6) is 0. The van der Waals surface area contributed by atoms with Crippen molar-refractivity contribution in [2.75, 3.05) is 13.2 Å². The lowest BCUT2D eigenvalue weighted by molar-refractivity contribution is 0.0476. The molecule has 0 aromatic heterocycles. The SMILES string of the molecule is CC(C)(C)OC(=O)N[C@H](CO)CCCN(Cc1ccccc1)C(=O)O. The molecule has 140 valence electrons. The Kier molecular flexibility index (Phi) is 8.21. The number of hydrogen-bond donors (Lipinski definition) is 3. The van der Waals surface area contributed by atoms with Crippen molar-refractivity contribution in [2.24, 2.45) is 0 Å². The highest BCUT2D eigenvalue weighted by atomic mass is 16.6. The van der Waals surface area contributed by atoms with E-state index in [1.807, 2.05) is 30.3 Å². The van der Waals surface area contributed by atoms with Crippen LogP contribution in [0.15, 0.2) is 30.3 Å². The number of alkyl carbamates (subject to hydrolysis) is 1. The van der Waals surface area contributed by atoms with Gasteiger partial charge in [0.1, 0.15) is 5.60 Å². The van der Waals surface area contributed by atoms with Gasteiger partial charge in [-0.25, -0.2) is 9.59 Å². The van der Waals surface area contributed by atoms with Gasteiger partial charge in [0.15, 0.2) is 0 Å². The second-order valence-electron chi connectivity index (χ2n) is 6.86. The Bertz CT molecular complexity index is 542. The van der Waals surface area contributed by atoms with Gasteiger partial charge in [-0.2, -0.15) is 0 Å². The molecule has 0 aliphatic rings. The molecule has 0 aliphatic carbocycles. The smallest absolute Gasteiger partial charge is 0.407 e. The van der Waals surface area contributed by atoms with Crippen molar-refractivity contribution in [3.63, 3.8) is 0 Å². The van der Waals surface area contributed by atoms with E-state index in [0.29, 0.717) is 25.9 Å². The van der Waals surface area contributed by atoms with Crippen molar-refractivity contribution in [1.29, 1.82) is 0 Å². The number of hydrogen-bond acceptors (Lipinski definition) is 4. The second kappa shape index (κ2) is 9.88. The van der Waals surface area contributed by atoms with Gasteiger partial charge in [-0.1, -0.05) is 30.3 Å². The quantitative estimate of drug-likeness (QED) is 0.668. The normalized spacial score (nSPS) is 12.3. The lowest BCUT2D eigenvalue weighted by Gasteiger charge is -2.24. The molecule has 0 fully saturated rings. The van der Waals surface area contributed by atoms with E-state index in [0.717, 1.165) is 5.56 Å². The molecule has 1 aromatic carbocycles. The van der Waals surface area contributed by atoms with E-state index in [-0.39, 0.29) is 6.61 Å². The number of aliphatic hydroxyl groups excluding tert-OH is 1. The van der Waals surface area contributed by atoms with Gasteiger partial charge in [0.2, 0.25) is 0 Å². The molecule has 1 rings (SSSR count). The largest absolute Gasteiger partial charge is 0.465 e. The highest BCUT2D eigenvalue weighted by Gasteiger charge is 2.19. The van der Waals surface area contributed by atoms with E-state index in [4.69, 9.17) is 4.74 Å². The average molecular weight is 352 g/mol. The molecule has 25 heavy (non-hydrogen) atoms. The Morgan fingerprint density at radius 2 is 1.88 bits per heavy atom. The maximum Gasteiger partial charge on any atom is 0.407 e. The molecule has 7 nitrogen and oxygen atoms in total. The molecule has 0 bridgehead atoms. The van der Waals surface area contributed by atoms with Crippen molar-refractivity contribution >= 4 is 12.2 Å². The fourth-order valence-corrected chi connectivity index (χ4v) is 2.26. The number of carbonyl (C=O) groups is 2. The average Bonchev–Trinajstić information content (AvgIpc) is 2.51. The summed E-state index contributed by atoms with van der Waals surface area (Å²) >= 11 is 0. The first-order chi connectivity index (χ1) is 11.7. The van der Waals surface area contributed by atoms with Gasteiger partial charge in [0, 0.05) is 13.1 Å². The summed E-state index contributed by atoms with van der Waals surface area (Å²) in [7, 11) is 0. The minimum Gasteiger partial charge on any atom is -0.465 e. The van der Waals surface area contributed by atoms with Gasteiger partial charge in [-0.05, 0) is 39.2 Å². The summed E-state index contributed by atoms with van der Waals surface area (Å²) in [6, 6.07) is 8.88. The predicted octanol–water partition coefficient (Wildman–Crippen LogP) is 2.83. The van der Waals surface area contributed by atoms with Crippen LogP contribution in [0.1, 0.15) is 39.2 Å². The van der Waals surface area contributed by atoms with E-state index in [2.05, 4.69) is 5.32 Å². The molecule has 1 aromatic rings. The highest BCUT2D eigenvalue weighted by Crippen LogP contribution is 2.09. The number of carbonyl (C=O) groups excluding carboxylic acids is 1. The molecule has 0 unspecified atom stereocenters. The number of aliphatic hydroxyl groups is 1. The zero-order chi connectivity index (χ0) is 18.9. The predicted molar refractivity (Wildman–Crippen MR) is 94.4 cm³/mol. The van der Waals surface area contributed by atoms with Gasteiger partial charge in [0.05, 0.1) is 12.6 Å². The Balaban J connectivity index is 2.45. The highest BCUT2D eigenvalue weighted by molar-refractivity contribution is 5.68. The van der Waals surface area contributed by atoms with Crippen molar-refractivity contribution < 1.29 is 24.5 Å². The number of nitrogens with one attached hydrogen (secondary N) is 1. The summed E-state index contributed by atoms with van der Waals surface area (Å²) in [5.41, 5.74) is 0.301. The van der Waals surface area contributed by atoms with Crippen LogP contribution in [0.25, 0.3) is 0 Å². The van der Waals surface area contributed by atoms with Gasteiger partial charge in [-0.15, -0.1) is 0 Å². The van der Waals surface area contributed by atoms with Gasteiger partial charge >= 0.3 is 12.2 Å². The zero-order valence-corrected chi connectivity index (χ0v) is 15.1. The molecule has 7 heteroatoms. The van der Waals surface area contributed by atoms with E-state index < -0.39 is 23.8 Å². The Labute approximate surface area is 148 Å². The number of nitrogens with zero attached hydrogens (tertiary/aromatic N) is 1. The first-order valence-corrected chi connectivity index (χ1v) is 8.33. The van der Waals surface area contributed by atoms with Crippen LogP contribution in [0.4, 0.5) is 9.59 Å². The minimum atomic E-state index is -0.996. The maximum absolute atomic E-state index is 11.7. The topological polar surface area (TPSA) is 99.1 Å². The summed E-state index contributed by atoms with van der Waals surface area (Å²) in [4.78, 5) is 24.4. The second-order valence-corrected chi connectivity index (χ2v) is 6.86. The molecule has 0 heterocycles. The van der Waals surface area contributed by atoms with Gasteiger partial charge in [0.25, 0.3) is 0 Å². The van der Waals surface area contributed by atoms with Crippen molar-refractivity contribution in [1.82, 2.24) is 10.2 Å². The fourth-order valence-electron chi connectivity index (χ4n) is 2.26. The summed E-state index contributed by atoms with van der Waals surface area (Å²) in [6.45, 7) is 5.67. The van der Waals surface area contributed by atoms with Crippen molar-refractivity contribution in [3.8, 4) is 0 Å². The third-order valence-corrected chi connectivity index (χ3v) is 3.41. The van der Waals surface area contributed by atoms with Crippen LogP contribution in [0.2, 0.25) is 0 Å². The van der Waals surface area contributed by atoms with E-state index in [1.165, 1.54) is 4.90 Å². The van der Waals surface area contributed by atoms with E-state index >= 15 is 0 Å². The molecule has 0 aliphatic heterocycles. The molecule has 2 amide bonds. The first kappa shape index (κ1) is 20.8. The monoisotopic (exact) mass is 352 g/mol. The number of carboxylic acid groups (broad SMARTS) is 1. The first-order valence-electron chi connectivity index (χ1n) is 8.33. The van der Waals surface area contributed by atoms with Crippen LogP contribution in [-0.2, 0) is 11.3 Å². The molecule has 0 saturated heterocycles. The van der Waals surface area contributed by atoms with Crippen LogP contribution in [-0.4, -0.2) is 52.1 Å². The Hall–Kier alpha value is -2.28. The van der Waals surface area contributed by atoms with Crippen molar-refractivity contribution in [3.05, 3.63) is 35.9 Å². The molecular weight excluding hydrogens is 324 g/mol. The standard InChI is InChI=1S/C18H28N2O5/c1-18(2,3)25-16(22)19-15(13-21)10-7-11-20(17(23)24)12-14-8-5-4-6-9-14/h4-6,8-9,15,21H,7,10-13H2,1-3H3,(H,19,22)(H,23,24)/t15-/m0/s1. The summed E-state index contributed by atoms with van der Waals surface area (Å²) < 4.78 is 5.15.